The topological polar surface area (TPSA) is 111 Å². The molecule has 0 radical (unpaired) electrons. The van der Waals surface area contributed by atoms with E-state index >= 15 is 0 Å². The maximum absolute atomic E-state index is 12.3. The summed E-state index contributed by atoms with van der Waals surface area (Å²) in [5.74, 6) is 1.25. The summed E-state index contributed by atoms with van der Waals surface area (Å²) in [4.78, 5) is 13.4. The number of sulfonamides is 1. The second-order valence-corrected chi connectivity index (χ2v) is 8.85. The van der Waals surface area contributed by atoms with Crippen LogP contribution in [-0.4, -0.2) is 48.2 Å². The summed E-state index contributed by atoms with van der Waals surface area (Å²) in [6.45, 7) is 4.56. The molecule has 9 nitrogen and oxygen atoms in total. The molecular weight excluding hydrogens is 416 g/mol. The van der Waals surface area contributed by atoms with Crippen LogP contribution in [0.15, 0.2) is 53.2 Å². The lowest BCUT2D eigenvalue weighted by molar-refractivity contribution is 0.204. The van der Waals surface area contributed by atoms with Gasteiger partial charge in [0.25, 0.3) is 0 Å². The number of imidazole rings is 1. The standard InChI is InChI=1S/C21H26N6O3S/c1-15(2)13-20-23-14-19(27(20)3)18-9-10-22-21(26-18)25-16-5-7-17(8-6-16)31(28,29)24-11-12-30-4/h5-10,13-14,24H,11-12H2,1-4H3,(H,22,25,26). The number of nitrogens with zero attached hydrogens (tertiary/aromatic N) is 4. The Bertz CT molecular complexity index is 1170. The summed E-state index contributed by atoms with van der Waals surface area (Å²) < 4.78 is 33.8. The third-order valence-electron chi connectivity index (χ3n) is 4.38. The van der Waals surface area contributed by atoms with Gasteiger partial charge < -0.3 is 14.6 Å². The first-order valence-electron chi connectivity index (χ1n) is 9.66. The molecule has 2 heterocycles. The number of anilines is 2. The predicted octanol–water partition coefficient (Wildman–Crippen LogP) is 2.97. The summed E-state index contributed by atoms with van der Waals surface area (Å²) in [6.07, 6.45) is 5.44. The van der Waals surface area contributed by atoms with Crippen LogP contribution in [0.3, 0.4) is 0 Å². The molecule has 0 amide bonds. The van der Waals surface area contributed by atoms with E-state index in [1.54, 1.807) is 24.5 Å². The Morgan fingerprint density at radius 3 is 2.58 bits per heavy atom. The van der Waals surface area contributed by atoms with E-state index in [0.29, 0.717) is 18.2 Å². The van der Waals surface area contributed by atoms with E-state index in [9.17, 15) is 8.42 Å². The molecule has 0 atom stereocenters. The van der Waals surface area contributed by atoms with Crippen molar-refractivity contribution in [2.75, 3.05) is 25.6 Å². The highest BCUT2D eigenvalue weighted by atomic mass is 32.2. The number of methoxy groups -OCH3 is 1. The average Bonchev–Trinajstić information content (AvgIpc) is 3.08. The molecular formula is C21H26N6O3S. The van der Waals surface area contributed by atoms with Gasteiger partial charge in [0.1, 0.15) is 5.82 Å². The van der Waals surface area contributed by atoms with Crippen LogP contribution in [0.4, 0.5) is 11.6 Å². The monoisotopic (exact) mass is 442 g/mol. The van der Waals surface area contributed by atoms with Crippen molar-refractivity contribution in [1.29, 1.82) is 0 Å². The fourth-order valence-electron chi connectivity index (χ4n) is 2.82. The summed E-state index contributed by atoms with van der Waals surface area (Å²) in [5.41, 5.74) is 3.41. The Labute approximate surface area is 182 Å². The number of allylic oxidation sites excluding steroid dienone is 1. The van der Waals surface area contributed by atoms with Crippen molar-refractivity contribution in [3.63, 3.8) is 0 Å². The normalized spacial score (nSPS) is 11.4. The minimum atomic E-state index is -3.58. The number of hydrogen-bond acceptors (Lipinski definition) is 7. The largest absolute Gasteiger partial charge is 0.383 e. The number of aromatic nitrogens is 4. The van der Waals surface area contributed by atoms with Crippen molar-refractivity contribution in [2.45, 2.75) is 18.7 Å². The van der Waals surface area contributed by atoms with Gasteiger partial charge in [-0.2, -0.15) is 0 Å². The number of hydrogen-bond donors (Lipinski definition) is 2. The van der Waals surface area contributed by atoms with E-state index in [0.717, 1.165) is 22.8 Å². The molecule has 0 aliphatic heterocycles. The molecule has 0 fully saturated rings. The van der Waals surface area contributed by atoms with Gasteiger partial charge in [-0.25, -0.2) is 28.1 Å². The fraction of sp³-hybridized carbons (Fsp3) is 0.286. The second kappa shape index (κ2) is 9.82. The first-order valence-corrected chi connectivity index (χ1v) is 11.1. The van der Waals surface area contributed by atoms with E-state index in [2.05, 4.69) is 25.0 Å². The van der Waals surface area contributed by atoms with Crippen LogP contribution in [0.25, 0.3) is 17.5 Å². The molecule has 0 spiro atoms. The maximum atomic E-state index is 12.3. The van der Waals surface area contributed by atoms with Gasteiger partial charge in [0.05, 0.1) is 29.1 Å². The number of ether oxygens (including phenoxy) is 1. The summed E-state index contributed by atoms with van der Waals surface area (Å²) >= 11 is 0. The van der Waals surface area contributed by atoms with Crippen molar-refractivity contribution in [3.8, 4) is 11.4 Å². The number of benzene rings is 1. The Morgan fingerprint density at radius 1 is 1.16 bits per heavy atom. The van der Waals surface area contributed by atoms with Crippen LogP contribution >= 0.6 is 0 Å². The summed E-state index contributed by atoms with van der Waals surface area (Å²) in [6, 6.07) is 8.19. The number of rotatable bonds is 9. The van der Waals surface area contributed by atoms with Crippen LogP contribution in [0, 0.1) is 0 Å². The summed E-state index contributed by atoms with van der Waals surface area (Å²) in [7, 11) is -0.127. The molecule has 1 aromatic carbocycles. The van der Waals surface area contributed by atoms with Crippen LogP contribution in [0.2, 0.25) is 0 Å². The van der Waals surface area contributed by atoms with Gasteiger partial charge >= 0.3 is 0 Å². The lowest BCUT2D eigenvalue weighted by Crippen LogP contribution is -2.27. The number of nitrogens with one attached hydrogen (secondary N) is 2. The zero-order chi connectivity index (χ0) is 22.4. The zero-order valence-electron chi connectivity index (χ0n) is 18.0. The lowest BCUT2D eigenvalue weighted by Gasteiger charge is -2.09. The van der Waals surface area contributed by atoms with Gasteiger partial charge in [-0.15, -0.1) is 0 Å². The lowest BCUT2D eigenvalue weighted by atomic mass is 10.3. The zero-order valence-corrected chi connectivity index (χ0v) is 18.8. The molecule has 2 aromatic heterocycles. The highest BCUT2D eigenvalue weighted by molar-refractivity contribution is 7.89. The SMILES string of the molecule is COCCNS(=O)(=O)c1ccc(Nc2nccc(-c3cnc(C=C(C)C)n3C)n2)cc1. The molecule has 10 heteroatoms. The van der Waals surface area contributed by atoms with Crippen LogP contribution in [0.5, 0.6) is 0 Å². The van der Waals surface area contributed by atoms with Crippen molar-refractivity contribution >= 4 is 27.7 Å². The fourth-order valence-corrected chi connectivity index (χ4v) is 3.84. The molecule has 0 aliphatic rings. The Morgan fingerprint density at radius 2 is 1.90 bits per heavy atom. The molecule has 0 saturated carbocycles. The third-order valence-corrected chi connectivity index (χ3v) is 5.86. The first kappa shape index (κ1) is 22.6. The van der Waals surface area contributed by atoms with E-state index in [-0.39, 0.29) is 11.4 Å². The molecule has 0 bridgehead atoms. The Hall–Kier alpha value is -3.08. The highest BCUT2D eigenvalue weighted by Crippen LogP contribution is 2.22. The van der Waals surface area contributed by atoms with Crippen LogP contribution < -0.4 is 10.0 Å². The Balaban J connectivity index is 1.76. The van der Waals surface area contributed by atoms with E-state index in [4.69, 9.17) is 4.74 Å². The molecule has 3 rings (SSSR count). The average molecular weight is 443 g/mol. The highest BCUT2D eigenvalue weighted by Gasteiger charge is 2.13. The molecule has 3 aromatic rings. The molecule has 2 N–H and O–H groups in total. The summed E-state index contributed by atoms with van der Waals surface area (Å²) in [5, 5.41) is 3.10. The smallest absolute Gasteiger partial charge is 0.240 e. The molecule has 0 unspecified atom stereocenters. The van der Waals surface area contributed by atoms with E-state index < -0.39 is 10.0 Å². The molecule has 0 saturated heterocycles. The van der Waals surface area contributed by atoms with E-state index in [1.807, 2.05) is 37.6 Å². The van der Waals surface area contributed by atoms with Gasteiger partial charge in [-0.05, 0) is 50.3 Å². The Kier molecular flexibility index (Phi) is 7.16. The quantitative estimate of drug-likeness (QED) is 0.490. The predicted molar refractivity (Wildman–Crippen MR) is 120 cm³/mol. The second-order valence-electron chi connectivity index (χ2n) is 7.09. The van der Waals surface area contributed by atoms with Gasteiger partial charge in [-0.3, -0.25) is 0 Å². The third kappa shape index (κ3) is 5.75. The van der Waals surface area contributed by atoms with Crippen molar-refractivity contribution < 1.29 is 13.2 Å². The van der Waals surface area contributed by atoms with Gasteiger partial charge in [-0.1, -0.05) is 5.57 Å². The van der Waals surface area contributed by atoms with Crippen molar-refractivity contribution in [1.82, 2.24) is 24.2 Å². The van der Waals surface area contributed by atoms with Crippen molar-refractivity contribution in [3.05, 3.63) is 54.1 Å². The van der Waals surface area contributed by atoms with Crippen LogP contribution in [0.1, 0.15) is 19.7 Å². The van der Waals surface area contributed by atoms with E-state index in [1.165, 1.54) is 19.2 Å². The van der Waals surface area contributed by atoms with Gasteiger partial charge in [0, 0.05) is 32.6 Å². The van der Waals surface area contributed by atoms with Crippen molar-refractivity contribution in [2.24, 2.45) is 7.05 Å². The van der Waals surface area contributed by atoms with Gasteiger partial charge in [0.2, 0.25) is 16.0 Å². The molecule has 31 heavy (non-hydrogen) atoms. The maximum Gasteiger partial charge on any atom is 0.240 e. The molecule has 0 aliphatic carbocycles. The molecule has 164 valence electrons. The van der Waals surface area contributed by atoms with Gasteiger partial charge in [0.15, 0.2) is 0 Å². The van der Waals surface area contributed by atoms with Crippen LogP contribution in [-0.2, 0) is 21.8 Å². The minimum Gasteiger partial charge on any atom is -0.383 e. The first-order chi connectivity index (χ1) is 14.8. The minimum absolute atomic E-state index is 0.172.